The molecule has 1 heterocycles. The van der Waals surface area contributed by atoms with E-state index >= 15 is 0 Å². The Kier molecular flexibility index (Phi) is 13.8. The van der Waals surface area contributed by atoms with Crippen LogP contribution in [0.4, 0.5) is 4.79 Å². The van der Waals surface area contributed by atoms with Gasteiger partial charge < -0.3 is 28.9 Å². The molecule has 1 aromatic rings. The Morgan fingerprint density at radius 1 is 1.03 bits per heavy atom. The fraction of sp³-hybridized carbons (Fsp3) is 0.720. The third-order valence-electron chi connectivity index (χ3n) is 5.32. The zero-order valence-corrected chi connectivity index (χ0v) is 23.3. The molecule has 1 aliphatic rings. The molecule has 1 aromatic carbocycles. The molecule has 1 atom stereocenters. The Hall–Kier alpha value is -0.890. The Morgan fingerprint density at radius 3 is 2.18 bits per heavy atom. The summed E-state index contributed by atoms with van der Waals surface area (Å²) in [4.78, 5) is 18.6. The van der Waals surface area contributed by atoms with Gasteiger partial charge in [0.2, 0.25) is 0 Å². The van der Waals surface area contributed by atoms with Gasteiger partial charge in [0.05, 0.1) is 13.2 Å². The van der Waals surface area contributed by atoms with Gasteiger partial charge in [-0.2, -0.15) is 0 Å². The molecule has 194 valence electrons. The number of carbonyl (C=O) groups excluding carboxylic acids is 1. The normalized spacial score (nSPS) is 16.5. The third-order valence-corrected chi connectivity index (χ3v) is 8.15. The molecule has 0 spiro atoms. The highest BCUT2D eigenvalue weighted by Gasteiger charge is 2.22. The van der Waals surface area contributed by atoms with Crippen LogP contribution in [0, 0.1) is 0 Å². The molecule has 2 rings (SSSR count). The number of hydrogen-bond donors (Lipinski definition) is 1. The molecule has 0 radical (unpaired) electrons. The van der Waals surface area contributed by atoms with Crippen LogP contribution in [0.25, 0.3) is 0 Å². The zero-order valence-electron chi connectivity index (χ0n) is 21.6. The number of ether oxygens (including phenoxy) is 1. The van der Waals surface area contributed by atoms with Gasteiger partial charge >= 0.3 is 6.09 Å². The molecule has 1 fully saturated rings. The molecule has 1 N–H and O–H groups in total. The van der Waals surface area contributed by atoms with E-state index < -0.39 is 14.0 Å². The van der Waals surface area contributed by atoms with Crippen LogP contribution in [0.5, 0.6) is 0 Å². The molecule has 1 saturated heterocycles. The minimum absolute atomic E-state index is 0.0547. The van der Waals surface area contributed by atoms with Crippen LogP contribution in [0.3, 0.4) is 0 Å². The summed E-state index contributed by atoms with van der Waals surface area (Å²) in [6, 6.07) is 10.4. The van der Waals surface area contributed by atoms with Gasteiger partial charge in [0, 0.05) is 62.1 Å². The van der Waals surface area contributed by atoms with E-state index in [0.29, 0.717) is 13.2 Å². The third kappa shape index (κ3) is 12.7. The smallest absolute Gasteiger partial charge is 0.407 e. The molecule has 9 heteroatoms. The average Bonchev–Trinajstić information content (AvgIpc) is 2.80. The second-order valence-corrected chi connectivity index (χ2v) is 12.1. The number of benzene rings is 1. The molecule has 7 nitrogen and oxygen atoms in total. The van der Waals surface area contributed by atoms with Crippen molar-refractivity contribution in [3.8, 4) is 0 Å². The summed E-state index contributed by atoms with van der Waals surface area (Å²) in [7, 11) is -0.764. The van der Waals surface area contributed by atoms with Gasteiger partial charge in [-0.15, -0.1) is 11.8 Å². The van der Waals surface area contributed by atoms with Crippen molar-refractivity contribution in [2.24, 2.45) is 0 Å². The quantitative estimate of drug-likeness (QED) is 0.275. The molecule has 34 heavy (non-hydrogen) atoms. The Bertz CT molecular complexity index is 678. The highest BCUT2D eigenvalue weighted by molar-refractivity contribution is 7.99. The van der Waals surface area contributed by atoms with Crippen LogP contribution in [0.2, 0.25) is 0 Å². The highest BCUT2D eigenvalue weighted by atomic mass is 32.2. The monoisotopic (exact) mass is 513 g/mol. The van der Waals surface area contributed by atoms with Crippen LogP contribution < -0.4 is 5.32 Å². The van der Waals surface area contributed by atoms with E-state index in [-0.39, 0.29) is 12.1 Å². The number of alkyl carbamates (subject to hydrolysis) is 1. The van der Waals surface area contributed by atoms with Crippen molar-refractivity contribution in [3.63, 3.8) is 0 Å². The summed E-state index contributed by atoms with van der Waals surface area (Å²) in [5, 5.41) is 3.10. The molecule has 0 saturated carbocycles. The first-order valence-corrected chi connectivity index (χ1v) is 14.8. The molecule has 0 bridgehead atoms. The first-order valence-electron chi connectivity index (χ1n) is 12.4. The maximum atomic E-state index is 12.4. The topological polar surface area (TPSA) is 63.3 Å². The SMILES string of the molecule is CCOP(CCN1CCN(CCC(CSc2ccccc2)NC(=O)OC(C)(C)C)CC1)OCC. The number of rotatable bonds is 14. The molecule has 1 amide bonds. The summed E-state index contributed by atoms with van der Waals surface area (Å²) in [5.41, 5.74) is -0.498. The largest absolute Gasteiger partial charge is 0.444 e. The Labute approximate surface area is 212 Å². The molecule has 1 aliphatic heterocycles. The lowest BCUT2D eigenvalue weighted by Gasteiger charge is -2.35. The van der Waals surface area contributed by atoms with Gasteiger partial charge in [0.15, 0.2) is 8.38 Å². The summed E-state index contributed by atoms with van der Waals surface area (Å²) in [6.45, 7) is 17.4. The van der Waals surface area contributed by atoms with Crippen molar-refractivity contribution in [3.05, 3.63) is 30.3 Å². The van der Waals surface area contributed by atoms with Crippen molar-refractivity contribution < 1.29 is 18.6 Å². The van der Waals surface area contributed by atoms with E-state index in [1.165, 1.54) is 4.90 Å². The van der Waals surface area contributed by atoms with Gasteiger partial charge in [0.1, 0.15) is 5.60 Å². The predicted molar refractivity (Wildman–Crippen MR) is 143 cm³/mol. The van der Waals surface area contributed by atoms with Crippen molar-refractivity contribution in [2.75, 3.05) is 64.4 Å². The number of thioether (sulfide) groups is 1. The predicted octanol–water partition coefficient (Wildman–Crippen LogP) is 5.06. The van der Waals surface area contributed by atoms with Crippen LogP contribution in [0.1, 0.15) is 41.0 Å². The standard InChI is InChI=1S/C25H44N3O4PS/c1-6-30-33(31-7-2)20-19-28-17-15-27(16-18-28)14-13-22(26-24(29)32-25(3,4)5)21-34-23-11-9-8-10-12-23/h8-12,22H,6-7,13-21H2,1-5H3,(H,26,29). The molecular weight excluding hydrogens is 469 g/mol. The first-order chi connectivity index (χ1) is 16.3. The Balaban J connectivity index is 1.78. The van der Waals surface area contributed by atoms with Crippen molar-refractivity contribution >= 4 is 26.2 Å². The maximum absolute atomic E-state index is 12.4. The van der Waals surface area contributed by atoms with Gasteiger partial charge in [-0.25, -0.2) is 4.79 Å². The van der Waals surface area contributed by atoms with E-state index in [4.69, 9.17) is 13.8 Å². The van der Waals surface area contributed by atoms with Gasteiger partial charge in [0.25, 0.3) is 0 Å². The summed E-state index contributed by atoms with van der Waals surface area (Å²) < 4.78 is 17.0. The van der Waals surface area contributed by atoms with Gasteiger partial charge in [-0.1, -0.05) is 18.2 Å². The van der Waals surface area contributed by atoms with Crippen LogP contribution >= 0.6 is 20.1 Å². The molecule has 1 unspecified atom stereocenters. The lowest BCUT2D eigenvalue weighted by atomic mass is 10.2. The number of amides is 1. The van der Waals surface area contributed by atoms with E-state index in [1.54, 1.807) is 11.8 Å². The second kappa shape index (κ2) is 16.0. The average molecular weight is 514 g/mol. The number of carbonyl (C=O) groups is 1. The van der Waals surface area contributed by atoms with Crippen LogP contribution in [-0.4, -0.2) is 91.9 Å². The van der Waals surface area contributed by atoms with Gasteiger partial charge in [-0.05, 0) is 53.2 Å². The van der Waals surface area contributed by atoms with Crippen molar-refractivity contribution in [2.45, 2.75) is 57.6 Å². The van der Waals surface area contributed by atoms with Crippen LogP contribution in [-0.2, 0) is 13.8 Å². The molecule has 0 aliphatic carbocycles. The highest BCUT2D eigenvalue weighted by Crippen LogP contribution is 2.37. The van der Waals surface area contributed by atoms with Crippen LogP contribution in [0.15, 0.2) is 35.2 Å². The van der Waals surface area contributed by atoms with E-state index in [0.717, 1.165) is 57.6 Å². The summed E-state index contributed by atoms with van der Waals surface area (Å²) >= 11 is 1.77. The van der Waals surface area contributed by atoms with Crippen molar-refractivity contribution in [1.29, 1.82) is 0 Å². The van der Waals surface area contributed by atoms with E-state index in [2.05, 4.69) is 27.2 Å². The number of hydrogen-bond acceptors (Lipinski definition) is 7. The molecular formula is C25H44N3O4PS. The van der Waals surface area contributed by atoms with E-state index in [9.17, 15) is 4.79 Å². The number of piperazine rings is 1. The van der Waals surface area contributed by atoms with E-state index in [1.807, 2.05) is 52.8 Å². The number of nitrogens with one attached hydrogen (secondary N) is 1. The summed E-state index contributed by atoms with van der Waals surface area (Å²) in [5.74, 6) is 0.821. The zero-order chi connectivity index (χ0) is 24.8. The molecule has 0 aromatic heterocycles. The summed E-state index contributed by atoms with van der Waals surface area (Å²) in [6.07, 6.45) is 1.53. The fourth-order valence-electron chi connectivity index (χ4n) is 3.64. The minimum atomic E-state index is -0.764. The number of nitrogens with zero attached hydrogens (tertiary/aromatic N) is 2. The second-order valence-electron chi connectivity index (χ2n) is 9.33. The fourth-order valence-corrected chi connectivity index (χ4v) is 5.99. The Morgan fingerprint density at radius 2 is 1.62 bits per heavy atom. The minimum Gasteiger partial charge on any atom is -0.444 e. The van der Waals surface area contributed by atoms with Crippen molar-refractivity contribution in [1.82, 2.24) is 15.1 Å². The first kappa shape index (κ1) is 29.3. The maximum Gasteiger partial charge on any atom is 0.407 e. The lowest BCUT2D eigenvalue weighted by molar-refractivity contribution is 0.0502. The lowest BCUT2D eigenvalue weighted by Crippen LogP contribution is -2.48. The van der Waals surface area contributed by atoms with Gasteiger partial charge in [-0.3, -0.25) is 0 Å².